The highest BCUT2D eigenvalue weighted by Gasteiger charge is 2.58. The van der Waals surface area contributed by atoms with Crippen molar-refractivity contribution in [3.63, 3.8) is 0 Å². The maximum Gasteiger partial charge on any atom is 0.333 e. The Morgan fingerprint density at radius 2 is 1.85 bits per heavy atom. The number of nitrogens with one attached hydrogen (secondary N) is 1. The van der Waals surface area contributed by atoms with E-state index in [0.717, 1.165) is 58.4 Å². The Bertz CT molecular complexity index is 1750. The second kappa shape index (κ2) is 12.6. The van der Waals surface area contributed by atoms with Crippen LogP contribution in [0.2, 0.25) is 15.1 Å². The van der Waals surface area contributed by atoms with Gasteiger partial charge in [0.2, 0.25) is 0 Å². The van der Waals surface area contributed by atoms with Gasteiger partial charge in [-0.05, 0) is 106 Å². The van der Waals surface area contributed by atoms with Gasteiger partial charge in [-0.15, -0.1) is 11.3 Å². The van der Waals surface area contributed by atoms with Gasteiger partial charge in [0.25, 0.3) is 5.91 Å². The number of anilines is 2. The standard InChI is InChI=1S/C35H37Cl3N4O3S2/c1-3-45-34(44)17(2)6-25-26(37)11-22(12-27(25)38)32(43)40-35-39-30(29-13-23(36)16-46-29)33(47-35)41-14-19-4-5-42(28(19)15-41)31-21-8-18-7-20(10-21)24(31)9-18/h6,11-13,16,18-21,24,28,31H,3-5,7-10,14-15H2,1-2H3,(H,39,40,43)/b17-6+/t18-,19+,20+,21-,24+,28-,31?/m0/s1. The molecule has 4 aliphatic carbocycles. The van der Waals surface area contributed by atoms with Crippen molar-refractivity contribution in [1.29, 1.82) is 0 Å². The average molecular weight is 732 g/mol. The largest absolute Gasteiger partial charge is 0.463 e. The molecule has 2 saturated heterocycles. The molecule has 0 spiro atoms. The Morgan fingerprint density at radius 3 is 2.57 bits per heavy atom. The molecule has 4 saturated carbocycles. The highest BCUT2D eigenvalue weighted by molar-refractivity contribution is 7.21. The number of thiazole rings is 1. The molecule has 1 unspecified atom stereocenters. The maximum atomic E-state index is 13.5. The third-order valence-corrected chi connectivity index (χ3v) is 14.1. The second-order valence-electron chi connectivity index (χ2n) is 13.9. The summed E-state index contributed by atoms with van der Waals surface area (Å²) in [4.78, 5) is 37.0. The third-order valence-electron chi connectivity index (χ3n) is 11.2. The number of likely N-dealkylation sites (tertiary alicyclic amines) is 1. The van der Waals surface area contributed by atoms with E-state index in [2.05, 4.69) is 15.1 Å². The zero-order valence-electron chi connectivity index (χ0n) is 26.3. The monoisotopic (exact) mass is 730 g/mol. The molecule has 1 N–H and O–H groups in total. The molecule has 7 atom stereocenters. The lowest BCUT2D eigenvalue weighted by Crippen LogP contribution is -2.48. The number of fused-ring (bicyclic) bond motifs is 1. The number of amides is 1. The molecule has 7 nitrogen and oxygen atoms in total. The van der Waals surface area contributed by atoms with Crippen molar-refractivity contribution in [3.8, 4) is 10.6 Å². The molecule has 1 aromatic carbocycles. The molecule has 4 heterocycles. The minimum Gasteiger partial charge on any atom is -0.463 e. The number of thiophene rings is 1. The van der Waals surface area contributed by atoms with Crippen LogP contribution in [-0.2, 0) is 9.53 Å². The van der Waals surface area contributed by atoms with Gasteiger partial charge >= 0.3 is 5.97 Å². The van der Waals surface area contributed by atoms with Crippen molar-refractivity contribution in [1.82, 2.24) is 9.88 Å². The zero-order valence-corrected chi connectivity index (χ0v) is 30.2. The van der Waals surface area contributed by atoms with E-state index in [4.69, 9.17) is 44.5 Å². The quantitative estimate of drug-likeness (QED) is 0.184. The van der Waals surface area contributed by atoms with Gasteiger partial charge in [-0.2, -0.15) is 0 Å². The fourth-order valence-corrected chi connectivity index (χ4v) is 12.2. The van der Waals surface area contributed by atoms with E-state index >= 15 is 0 Å². The first-order chi connectivity index (χ1) is 22.7. The van der Waals surface area contributed by atoms with Crippen molar-refractivity contribution in [2.24, 2.45) is 29.6 Å². The van der Waals surface area contributed by atoms with Crippen molar-refractivity contribution >= 4 is 85.6 Å². The summed E-state index contributed by atoms with van der Waals surface area (Å²) in [6.45, 7) is 6.87. The summed E-state index contributed by atoms with van der Waals surface area (Å²) >= 11 is 22.6. The molecule has 0 radical (unpaired) electrons. The minimum atomic E-state index is -0.448. The summed E-state index contributed by atoms with van der Waals surface area (Å²) in [7, 11) is 0. The fourth-order valence-electron chi connectivity index (χ4n) is 9.47. The minimum absolute atomic E-state index is 0.261. The Kier molecular flexibility index (Phi) is 8.62. The van der Waals surface area contributed by atoms with Crippen molar-refractivity contribution in [2.45, 2.75) is 58.0 Å². The first kappa shape index (κ1) is 32.1. The summed E-state index contributed by atoms with van der Waals surface area (Å²) in [5, 5.41) is 7.72. The highest BCUT2D eigenvalue weighted by atomic mass is 35.5. The van der Waals surface area contributed by atoms with Crippen molar-refractivity contribution in [3.05, 3.63) is 55.3 Å². The van der Waals surface area contributed by atoms with Crippen LogP contribution in [0.1, 0.15) is 61.9 Å². The number of carbonyl (C=O) groups excluding carboxylic acids is 2. The van der Waals surface area contributed by atoms with E-state index in [0.29, 0.717) is 38.8 Å². The molecule has 6 aliphatic rings. The second-order valence-corrected chi connectivity index (χ2v) is 17.0. The van der Waals surface area contributed by atoms with Crippen LogP contribution in [0.15, 0.2) is 29.2 Å². The highest BCUT2D eigenvalue weighted by Crippen LogP contribution is 2.60. The fraction of sp³-hybridized carbons (Fsp3) is 0.514. The normalized spacial score (nSPS) is 29.6. The maximum absolute atomic E-state index is 13.5. The van der Waals surface area contributed by atoms with Gasteiger partial charge in [0.1, 0.15) is 10.7 Å². The number of hydrogen-bond acceptors (Lipinski definition) is 8. The Hall–Kier alpha value is -2.14. The average Bonchev–Trinajstić information content (AvgIpc) is 3.87. The predicted molar refractivity (Wildman–Crippen MR) is 192 cm³/mol. The van der Waals surface area contributed by atoms with E-state index in [1.165, 1.54) is 50.0 Å². The predicted octanol–water partition coefficient (Wildman–Crippen LogP) is 9.00. The van der Waals surface area contributed by atoms with Gasteiger partial charge in [-0.1, -0.05) is 46.1 Å². The van der Waals surface area contributed by atoms with Crippen molar-refractivity contribution in [2.75, 3.05) is 36.5 Å². The summed E-state index contributed by atoms with van der Waals surface area (Å²) < 4.78 is 5.06. The van der Waals surface area contributed by atoms with E-state index in [1.807, 2.05) is 11.4 Å². The number of hydrogen-bond donors (Lipinski definition) is 1. The molecular formula is C35H37Cl3N4O3S2. The topological polar surface area (TPSA) is 74.8 Å². The number of ether oxygens (including phenoxy) is 1. The van der Waals surface area contributed by atoms with E-state index in [9.17, 15) is 9.59 Å². The summed E-state index contributed by atoms with van der Waals surface area (Å²) in [5.41, 5.74) is 1.98. The molecule has 248 valence electrons. The number of esters is 1. The molecule has 2 aromatic heterocycles. The third kappa shape index (κ3) is 5.83. The molecule has 47 heavy (non-hydrogen) atoms. The lowest BCUT2D eigenvalue weighted by molar-refractivity contribution is -0.138. The molecule has 1 amide bonds. The Balaban J connectivity index is 1.03. The molecule has 6 fully saturated rings. The van der Waals surface area contributed by atoms with Crippen LogP contribution in [0.25, 0.3) is 16.6 Å². The summed E-state index contributed by atoms with van der Waals surface area (Å²) in [6, 6.07) is 6.41. The smallest absolute Gasteiger partial charge is 0.333 e. The number of rotatable bonds is 8. The molecule has 12 heteroatoms. The number of halogens is 3. The Labute approximate surface area is 298 Å². The van der Waals surface area contributed by atoms with Gasteiger partial charge in [0.05, 0.1) is 26.6 Å². The summed E-state index contributed by atoms with van der Waals surface area (Å²) in [5.74, 6) is 3.60. The zero-order chi connectivity index (χ0) is 32.6. The van der Waals surface area contributed by atoms with Crippen molar-refractivity contribution < 1.29 is 14.3 Å². The Morgan fingerprint density at radius 1 is 1.06 bits per heavy atom. The van der Waals surface area contributed by atoms with Crippen LogP contribution >= 0.6 is 57.5 Å². The number of nitrogens with zero attached hydrogens (tertiary/aromatic N) is 3. The first-order valence-electron chi connectivity index (χ1n) is 16.6. The first-order valence-corrected chi connectivity index (χ1v) is 19.4. The molecule has 2 aliphatic heterocycles. The van der Waals surface area contributed by atoms with Crippen LogP contribution in [0.3, 0.4) is 0 Å². The lowest BCUT2D eigenvalue weighted by Gasteiger charge is -2.41. The van der Waals surface area contributed by atoms with Crippen LogP contribution < -0.4 is 10.2 Å². The van der Waals surface area contributed by atoms with Gasteiger partial charge in [-0.3, -0.25) is 15.0 Å². The molecule has 4 bridgehead atoms. The van der Waals surface area contributed by atoms with E-state index in [1.54, 1.807) is 43.4 Å². The van der Waals surface area contributed by atoms with Crippen LogP contribution in [-0.4, -0.2) is 60.1 Å². The van der Waals surface area contributed by atoms with Gasteiger partial charge < -0.3 is 9.64 Å². The molecule has 3 aromatic rings. The number of benzene rings is 1. The van der Waals surface area contributed by atoms with Gasteiger partial charge in [0.15, 0.2) is 5.13 Å². The van der Waals surface area contributed by atoms with Crippen LogP contribution in [0, 0.1) is 29.6 Å². The SMILES string of the molecule is CCOC(=O)/C(C)=C/c1c(Cl)cc(C(=O)Nc2nc(-c3cc(Cl)cs3)c(N3C[C@H]4CCN(C5[C@H]6C[C@@H]7C[C@H](C6)[C@H]5C7)[C@H]4C3)s2)cc1Cl. The van der Waals surface area contributed by atoms with Gasteiger partial charge in [0, 0.05) is 47.3 Å². The van der Waals surface area contributed by atoms with Crippen LogP contribution in [0.4, 0.5) is 10.1 Å². The molecular weight excluding hydrogens is 695 g/mol. The lowest BCUT2D eigenvalue weighted by atomic mass is 9.78. The summed E-state index contributed by atoms with van der Waals surface area (Å²) in [6.07, 6.45) is 8.65. The van der Waals surface area contributed by atoms with E-state index < -0.39 is 5.97 Å². The molecule has 9 rings (SSSR count). The van der Waals surface area contributed by atoms with Crippen LogP contribution in [0.5, 0.6) is 0 Å². The number of aromatic nitrogens is 1. The van der Waals surface area contributed by atoms with Gasteiger partial charge in [-0.25, -0.2) is 9.78 Å². The number of carbonyl (C=O) groups is 2. The van der Waals surface area contributed by atoms with E-state index in [-0.39, 0.29) is 22.6 Å².